The molecule has 2 atom stereocenters. The molecule has 1 aromatic heterocycles. The fourth-order valence-electron chi connectivity index (χ4n) is 4.88. The molecule has 2 N–H and O–H groups in total. The van der Waals surface area contributed by atoms with Gasteiger partial charge in [0.1, 0.15) is 18.0 Å². The van der Waals surface area contributed by atoms with E-state index in [4.69, 9.17) is 9.62 Å². The maximum Gasteiger partial charge on any atom is 0.416 e. The lowest BCUT2D eigenvalue weighted by atomic mass is 9.79. The summed E-state index contributed by atoms with van der Waals surface area (Å²) in [5, 5.41) is 8.89. The minimum atomic E-state index is -4.39. The molecule has 0 saturated heterocycles. The summed E-state index contributed by atoms with van der Waals surface area (Å²) in [5.41, 5.74) is 3.50. The average molecular weight is 471 g/mol. The van der Waals surface area contributed by atoms with Crippen LogP contribution >= 0.6 is 0 Å². The van der Waals surface area contributed by atoms with Crippen LogP contribution in [0.2, 0.25) is 0 Å². The molecule has 178 valence electrons. The Morgan fingerprint density at radius 1 is 1.03 bits per heavy atom. The monoisotopic (exact) mass is 471 g/mol. The molecular formula is C26H26F3N2O3+. The summed E-state index contributed by atoms with van der Waals surface area (Å²) >= 11 is 0. The lowest BCUT2D eigenvalue weighted by Gasteiger charge is -2.42. The van der Waals surface area contributed by atoms with Gasteiger partial charge in [0.25, 0.3) is 5.91 Å². The Labute approximate surface area is 195 Å². The Kier molecular flexibility index (Phi) is 5.70. The van der Waals surface area contributed by atoms with E-state index in [0.717, 1.165) is 23.4 Å². The Bertz CT molecular complexity index is 1240. The van der Waals surface area contributed by atoms with Gasteiger partial charge in [0.05, 0.1) is 12.6 Å². The number of halogens is 3. The van der Waals surface area contributed by atoms with Gasteiger partial charge in [-0.1, -0.05) is 45.0 Å². The average Bonchev–Trinajstić information content (AvgIpc) is 3.33. The second-order valence-corrected chi connectivity index (χ2v) is 9.73. The maximum absolute atomic E-state index is 12.9. The third-order valence-corrected chi connectivity index (χ3v) is 6.24. The topological polar surface area (TPSA) is 62.5 Å². The van der Waals surface area contributed by atoms with Crippen LogP contribution in [0.5, 0.6) is 0 Å². The van der Waals surface area contributed by atoms with Crippen molar-refractivity contribution in [2.45, 2.75) is 33.0 Å². The van der Waals surface area contributed by atoms with Crippen LogP contribution in [-0.2, 0) is 6.18 Å². The van der Waals surface area contributed by atoms with E-state index in [1.54, 1.807) is 17.6 Å². The van der Waals surface area contributed by atoms with E-state index < -0.39 is 17.6 Å². The number of amides is 1. The van der Waals surface area contributed by atoms with Gasteiger partial charge in [0, 0.05) is 34.2 Å². The van der Waals surface area contributed by atoms with Gasteiger partial charge in [-0.05, 0) is 24.3 Å². The van der Waals surface area contributed by atoms with Gasteiger partial charge in [0.2, 0.25) is 0 Å². The Morgan fingerprint density at radius 2 is 1.65 bits per heavy atom. The Morgan fingerprint density at radius 3 is 2.18 bits per heavy atom. The van der Waals surface area contributed by atoms with Crippen LogP contribution in [0.4, 0.5) is 18.9 Å². The number of benzene rings is 2. The molecule has 0 spiro atoms. The zero-order valence-corrected chi connectivity index (χ0v) is 19.3. The van der Waals surface area contributed by atoms with E-state index in [1.165, 1.54) is 12.1 Å². The van der Waals surface area contributed by atoms with Crippen LogP contribution in [0.15, 0.2) is 65.2 Å². The molecule has 2 aromatic carbocycles. The van der Waals surface area contributed by atoms with E-state index in [2.05, 4.69) is 27.8 Å². The number of furan rings is 1. The van der Waals surface area contributed by atoms with Crippen molar-refractivity contribution in [3.8, 4) is 11.3 Å². The molecule has 1 amide bonds. The maximum atomic E-state index is 12.9. The molecule has 1 aliphatic rings. The number of nitrogens with one attached hydrogen (secondary N) is 1. The molecule has 4 rings (SSSR count). The second-order valence-electron chi connectivity index (χ2n) is 9.73. The van der Waals surface area contributed by atoms with Crippen molar-refractivity contribution in [3.05, 3.63) is 83.2 Å². The normalized spacial score (nSPS) is 18.6. The van der Waals surface area contributed by atoms with Gasteiger partial charge in [-0.15, -0.1) is 0 Å². The number of nitrogens with zero attached hydrogens (tertiary/aromatic N) is 1. The van der Waals surface area contributed by atoms with Crippen molar-refractivity contribution in [3.63, 3.8) is 0 Å². The molecule has 5 nitrogen and oxygen atoms in total. The molecule has 8 heteroatoms. The van der Waals surface area contributed by atoms with E-state index >= 15 is 0 Å². The van der Waals surface area contributed by atoms with Crippen LogP contribution in [0.3, 0.4) is 0 Å². The summed E-state index contributed by atoms with van der Waals surface area (Å²) in [6.07, 6.45) is -0.473. The largest absolute Gasteiger partial charge is 0.450 e. The van der Waals surface area contributed by atoms with Gasteiger partial charge in [0.15, 0.2) is 11.4 Å². The standard InChI is InChI=1S/C26H25F3N2O3/c1-25(2,3)23(17-5-7-18(8-6-17)24(32)30-33)31(4)14-13-21-20(31)15-22(34-21)16-9-11-19(12-10-16)26(27,28)29/h5-15,23H,1-4H3,(H-,30,32,33)/p+1. The lowest BCUT2D eigenvalue weighted by molar-refractivity contribution is -0.137. The Balaban J connectivity index is 1.73. The van der Waals surface area contributed by atoms with Crippen LogP contribution in [-0.4, -0.2) is 18.2 Å². The highest BCUT2D eigenvalue weighted by Gasteiger charge is 2.47. The first-order valence-electron chi connectivity index (χ1n) is 10.8. The fraction of sp³-hybridized carbons (Fsp3) is 0.269. The molecule has 34 heavy (non-hydrogen) atoms. The van der Waals surface area contributed by atoms with Crippen LogP contribution in [0, 0.1) is 5.41 Å². The first kappa shape index (κ1) is 23.8. The first-order chi connectivity index (χ1) is 15.8. The van der Waals surface area contributed by atoms with Gasteiger partial charge < -0.3 is 4.42 Å². The van der Waals surface area contributed by atoms with Crippen LogP contribution < -0.4 is 9.96 Å². The molecule has 3 aromatic rings. The number of rotatable bonds is 4. The highest BCUT2D eigenvalue weighted by molar-refractivity contribution is 5.93. The van der Waals surface area contributed by atoms with Crippen molar-refractivity contribution in [2.24, 2.45) is 5.41 Å². The molecular weight excluding hydrogens is 445 g/mol. The number of carbonyl (C=O) groups is 1. The smallest absolute Gasteiger partial charge is 0.416 e. The predicted octanol–water partition coefficient (Wildman–Crippen LogP) is 6.79. The summed E-state index contributed by atoms with van der Waals surface area (Å²) in [7, 11) is 2.05. The number of hydroxylamine groups is 1. The van der Waals surface area contributed by atoms with Gasteiger partial charge in [-0.3, -0.25) is 14.5 Å². The summed E-state index contributed by atoms with van der Waals surface area (Å²) in [5.74, 6) is 0.566. The zero-order valence-electron chi connectivity index (χ0n) is 19.3. The van der Waals surface area contributed by atoms with Gasteiger partial charge >= 0.3 is 6.18 Å². The number of quaternary nitrogens is 1. The van der Waals surface area contributed by atoms with E-state index in [0.29, 0.717) is 27.1 Å². The lowest BCUT2D eigenvalue weighted by Crippen LogP contribution is -2.47. The van der Waals surface area contributed by atoms with E-state index in [9.17, 15) is 18.0 Å². The quantitative estimate of drug-likeness (QED) is 0.250. The molecule has 0 fully saturated rings. The summed E-state index contributed by atoms with van der Waals surface area (Å²) < 4.78 is 45.2. The van der Waals surface area contributed by atoms with E-state index in [-0.39, 0.29) is 11.5 Å². The minimum Gasteiger partial charge on any atom is -0.450 e. The van der Waals surface area contributed by atoms with E-state index in [1.807, 2.05) is 30.5 Å². The zero-order chi connectivity index (χ0) is 24.9. The van der Waals surface area contributed by atoms with Crippen LogP contribution in [0.25, 0.3) is 17.4 Å². The molecule has 2 heterocycles. The Hall–Kier alpha value is -3.36. The summed E-state index contributed by atoms with van der Waals surface area (Å²) in [6.45, 7) is 6.37. The minimum absolute atomic E-state index is 0.0747. The van der Waals surface area contributed by atoms with Crippen molar-refractivity contribution in [1.29, 1.82) is 0 Å². The number of hydrogen-bond acceptors (Lipinski definition) is 3. The predicted molar refractivity (Wildman–Crippen MR) is 124 cm³/mol. The second kappa shape index (κ2) is 8.14. The fourth-order valence-corrected chi connectivity index (χ4v) is 4.88. The van der Waals surface area contributed by atoms with Crippen LogP contribution in [0.1, 0.15) is 54.1 Å². The number of alkyl halides is 3. The first-order valence-corrected chi connectivity index (χ1v) is 10.8. The third-order valence-electron chi connectivity index (χ3n) is 6.24. The molecule has 1 aliphatic heterocycles. The molecule has 0 aliphatic carbocycles. The van der Waals surface area contributed by atoms with Crippen molar-refractivity contribution < 1.29 is 27.6 Å². The number of fused-ring (bicyclic) bond motifs is 1. The third kappa shape index (κ3) is 4.15. The van der Waals surface area contributed by atoms with Crippen molar-refractivity contribution in [2.75, 3.05) is 7.05 Å². The summed E-state index contributed by atoms with van der Waals surface area (Å²) in [6, 6.07) is 13.8. The molecule has 0 saturated carbocycles. The number of carbonyl (C=O) groups excluding carboxylic acids is 1. The van der Waals surface area contributed by atoms with Crippen molar-refractivity contribution >= 4 is 17.7 Å². The van der Waals surface area contributed by atoms with Crippen molar-refractivity contribution in [1.82, 2.24) is 9.96 Å². The summed E-state index contributed by atoms with van der Waals surface area (Å²) in [4.78, 5) is 11.7. The number of hydrogen-bond donors (Lipinski definition) is 2. The molecule has 2 unspecified atom stereocenters. The molecule has 0 radical (unpaired) electrons. The SMILES string of the molecule is CC(C)(C)C(c1ccc(C(=O)NO)cc1)[N+]1(C)C=Cc2oc(-c3ccc(C(F)(F)F)cc3)cc21. The highest BCUT2D eigenvalue weighted by Crippen LogP contribution is 2.51. The molecule has 0 bridgehead atoms. The highest BCUT2D eigenvalue weighted by atomic mass is 19.4. The van der Waals surface area contributed by atoms with Gasteiger partial charge in [-0.2, -0.15) is 13.2 Å². The van der Waals surface area contributed by atoms with Gasteiger partial charge in [-0.25, -0.2) is 5.48 Å².